The summed E-state index contributed by atoms with van der Waals surface area (Å²) in [5, 5.41) is 9.49. The Kier molecular flexibility index (Phi) is 3.85. The molecule has 104 valence electrons. The highest BCUT2D eigenvalue weighted by atomic mass is 19.1. The first kappa shape index (κ1) is 13.9. The van der Waals surface area contributed by atoms with Gasteiger partial charge in [0.2, 0.25) is 0 Å². The molecule has 1 aromatic heterocycles. The number of carbonyl (C=O) groups is 1. The molecule has 0 radical (unpaired) electrons. The molecule has 1 saturated heterocycles. The SMILES string of the molecule is CC(c1ccc(F)cn1)N1CCCCC1(C)C(=O)O. The predicted molar refractivity (Wildman–Crippen MR) is 69.2 cm³/mol. The van der Waals surface area contributed by atoms with Gasteiger partial charge in [-0.2, -0.15) is 0 Å². The second kappa shape index (κ2) is 5.25. The second-order valence-corrected chi connectivity index (χ2v) is 5.31. The maximum atomic E-state index is 12.9. The van der Waals surface area contributed by atoms with Crippen molar-refractivity contribution in [2.45, 2.75) is 44.7 Å². The lowest BCUT2D eigenvalue weighted by molar-refractivity contribution is -0.155. The van der Waals surface area contributed by atoms with Gasteiger partial charge < -0.3 is 5.11 Å². The van der Waals surface area contributed by atoms with Crippen LogP contribution in [-0.4, -0.2) is 33.0 Å². The van der Waals surface area contributed by atoms with E-state index >= 15 is 0 Å². The second-order valence-electron chi connectivity index (χ2n) is 5.31. The molecule has 1 aliphatic heterocycles. The molecule has 2 atom stereocenters. The molecule has 19 heavy (non-hydrogen) atoms. The zero-order chi connectivity index (χ0) is 14.0. The lowest BCUT2D eigenvalue weighted by Crippen LogP contribution is -2.55. The topological polar surface area (TPSA) is 53.4 Å². The van der Waals surface area contributed by atoms with Gasteiger partial charge in [-0.05, 0) is 51.8 Å². The number of rotatable bonds is 3. The van der Waals surface area contributed by atoms with Crippen molar-refractivity contribution in [2.24, 2.45) is 0 Å². The van der Waals surface area contributed by atoms with E-state index in [0.717, 1.165) is 19.4 Å². The standard InChI is InChI=1S/C14H19FN2O2/c1-10(12-6-5-11(15)9-16-12)17-8-4-3-7-14(17,2)13(18)19/h5-6,9-10H,3-4,7-8H2,1-2H3,(H,18,19). The zero-order valence-electron chi connectivity index (χ0n) is 11.3. The van der Waals surface area contributed by atoms with Gasteiger partial charge in [0.15, 0.2) is 0 Å². The Morgan fingerprint density at radius 1 is 1.53 bits per heavy atom. The van der Waals surface area contributed by atoms with Crippen LogP contribution in [0.15, 0.2) is 18.3 Å². The van der Waals surface area contributed by atoms with Crippen molar-refractivity contribution >= 4 is 5.97 Å². The average molecular weight is 266 g/mol. The number of aliphatic carboxylic acids is 1. The molecule has 0 amide bonds. The fourth-order valence-corrected chi connectivity index (χ4v) is 2.79. The first-order valence-electron chi connectivity index (χ1n) is 6.57. The highest BCUT2D eigenvalue weighted by Gasteiger charge is 2.43. The van der Waals surface area contributed by atoms with Gasteiger partial charge in [0.25, 0.3) is 0 Å². The smallest absolute Gasteiger partial charge is 0.323 e. The largest absolute Gasteiger partial charge is 0.480 e. The minimum absolute atomic E-state index is 0.137. The maximum absolute atomic E-state index is 12.9. The molecule has 0 aromatic carbocycles. The highest BCUT2D eigenvalue weighted by Crippen LogP contribution is 2.35. The number of aromatic nitrogens is 1. The summed E-state index contributed by atoms with van der Waals surface area (Å²) in [6.45, 7) is 4.41. The van der Waals surface area contributed by atoms with Gasteiger partial charge in [-0.15, -0.1) is 0 Å². The third-order valence-corrected chi connectivity index (χ3v) is 4.05. The molecule has 0 saturated carbocycles. The Balaban J connectivity index is 2.27. The van der Waals surface area contributed by atoms with Gasteiger partial charge >= 0.3 is 5.97 Å². The number of hydrogen-bond donors (Lipinski definition) is 1. The number of carboxylic acids is 1. The van der Waals surface area contributed by atoms with Gasteiger partial charge in [0.1, 0.15) is 11.4 Å². The molecule has 2 unspecified atom stereocenters. The van der Waals surface area contributed by atoms with Crippen molar-refractivity contribution in [2.75, 3.05) is 6.54 Å². The normalized spacial score (nSPS) is 26.1. The molecule has 4 nitrogen and oxygen atoms in total. The molecule has 1 N–H and O–H groups in total. The van der Waals surface area contributed by atoms with Crippen LogP contribution >= 0.6 is 0 Å². The first-order chi connectivity index (χ1) is 8.95. The van der Waals surface area contributed by atoms with Crippen LogP contribution in [0, 0.1) is 5.82 Å². The summed E-state index contributed by atoms with van der Waals surface area (Å²) in [4.78, 5) is 17.6. The number of pyridine rings is 1. The Hall–Kier alpha value is -1.49. The molecule has 2 rings (SSSR count). The lowest BCUT2D eigenvalue weighted by Gasteiger charge is -2.44. The summed E-state index contributed by atoms with van der Waals surface area (Å²) in [6.07, 6.45) is 3.71. The summed E-state index contributed by atoms with van der Waals surface area (Å²) >= 11 is 0. The quantitative estimate of drug-likeness (QED) is 0.913. The molecular formula is C14H19FN2O2. The van der Waals surface area contributed by atoms with E-state index in [1.54, 1.807) is 13.0 Å². The van der Waals surface area contributed by atoms with Gasteiger partial charge in [-0.3, -0.25) is 14.7 Å². The Morgan fingerprint density at radius 2 is 2.26 bits per heavy atom. The van der Waals surface area contributed by atoms with Crippen molar-refractivity contribution in [3.63, 3.8) is 0 Å². The predicted octanol–water partition coefficient (Wildman–Crippen LogP) is 2.61. The number of nitrogens with zero attached hydrogens (tertiary/aromatic N) is 2. The average Bonchev–Trinajstić information content (AvgIpc) is 2.39. The van der Waals surface area contributed by atoms with Crippen molar-refractivity contribution in [1.29, 1.82) is 0 Å². The highest BCUT2D eigenvalue weighted by molar-refractivity contribution is 5.78. The fraction of sp³-hybridized carbons (Fsp3) is 0.571. The number of hydrogen-bond acceptors (Lipinski definition) is 3. The van der Waals surface area contributed by atoms with Crippen molar-refractivity contribution < 1.29 is 14.3 Å². The van der Waals surface area contributed by atoms with Gasteiger partial charge in [0, 0.05) is 0 Å². The van der Waals surface area contributed by atoms with Crippen LogP contribution in [0.2, 0.25) is 0 Å². The molecule has 1 fully saturated rings. The molecule has 0 spiro atoms. The van der Waals surface area contributed by atoms with Gasteiger partial charge in [-0.25, -0.2) is 4.39 Å². The third kappa shape index (κ3) is 2.61. The van der Waals surface area contributed by atoms with Crippen LogP contribution in [0.3, 0.4) is 0 Å². The van der Waals surface area contributed by atoms with Gasteiger partial charge in [-0.1, -0.05) is 0 Å². The van der Waals surface area contributed by atoms with E-state index in [0.29, 0.717) is 12.1 Å². The van der Waals surface area contributed by atoms with Crippen LogP contribution in [0.1, 0.15) is 44.8 Å². The van der Waals surface area contributed by atoms with E-state index < -0.39 is 11.5 Å². The van der Waals surface area contributed by atoms with E-state index in [4.69, 9.17) is 0 Å². The van der Waals surface area contributed by atoms with E-state index in [1.165, 1.54) is 12.3 Å². The molecule has 1 aliphatic rings. The number of piperidine rings is 1. The Morgan fingerprint density at radius 3 is 2.84 bits per heavy atom. The monoisotopic (exact) mass is 266 g/mol. The van der Waals surface area contributed by atoms with Crippen LogP contribution in [0.4, 0.5) is 4.39 Å². The minimum atomic E-state index is -0.867. The van der Waals surface area contributed by atoms with Crippen LogP contribution in [0.25, 0.3) is 0 Å². The number of carboxylic acid groups (broad SMARTS) is 1. The minimum Gasteiger partial charge on any atom is -0.480 e. The summed E-state index contributed by atoms with van der Waals surface area (Å²) in [7, 11) is 0. The zero-order valence-corrected chi connectivity index (χ0v) is 11.3. The molecule has 5 heteroatoms. The van der Waals surface area contributed by atoms with E-state index in [2.05, 4.69) is 4.98 Å². The molecule has 0 bridgehead atoms. The fourth-order valence-electron chi connectivity index (χ4n) is 2.79. The lowest BCUT2D eigenvalue weighted by atomic mass is 9.86. The Bertz CT molecular complexity index is 463. The summed E-state index contributed by atoms with van der Waals surface area (Å²) in [5.74, 6) is -1.18. The Labute approximate surface area is 112 Å². The van der Waals surface area contributed by atoms with E-state index in [9.17, 15) is 14.3 Å². The van der Waals surface area contributed by atoms with Crippen molar-refractivity contribution in [1.82, 2.24) is 9.88 Å². The van der Waals surface area contributed by atoms with Gasteiger partial charge in [0.05, 0.1) is 17.9 Å². The molecule has 0 aliphatic carbocycles. The molecular weight excluding hydrogens is 247 g/mol. The van der Waals surface area contributed by atoms with Crippen molar-refractivity contribution in [3.8, 4) is 0 Å². The third-order valence-electron chi connectivity index (χ3n) is 4.05. The first-order valence-corrected chi connectivity index (χ1v) is 6.57. The van der Waals surface area contributed by atoms with Crippen molar-refractivity contribution in [3.05, 3.63) is 29.8 Å². The summed E-state index contributed by atoms with van der Waals surface area (Å²) < 4.78 is 12.9. The van der Waals surface area contributed by atoms with Crippen LogP contribution in [-0.2, 0) is 4.79 Å². The van der Waals surface area contributed by atoms with E-state index in [-0.39, 0.29) is 11.9 Å². The van der Waals surface area contributed by atoms with Crippen LogP contribution in [0.5, 0.6) is 0 Å². The number of likely N-dealkylation sites (tertiary alicyclic amines) is 1. The van der Waals surface area contributed by atoms with Crippen LogP contribution < -0.4 is 0 Å². The molecule has 1 aromatic rings. The van der Waals surface area contributed by atoms with E-state index in [1.807, 2.05) is 11.8 Å². The summed E-state index contributed by atoms with van der Waals surface area (Å²) in [5.41, 5.74) is -0.163. The summed E-state index contributed by atoms with van der Waals surface area (Å²) in [6, 6.07) is 2.85. The number of halogens is 1. The maximum Gasteiger partial charge on any atom is 0.323 e. The molecule has 2 heterocycles.